The molecule has 0 heterocycles. The van der Waals surface area contributed by atoms with E-state index in [9.17, 15) is 105 Å². The fraction of sp³-hybridized carbons (Fsp3) is 0.172. The molecule has 0 bridgehead atoms. The van der Waals surface area contributed by atoms with Crippen molar-refractivity contribution in [1.29, 1.82) is 0 Å². The Morgan fingerprint density at radius 2 is 0.619 bits per heavy atom. The molecule has 26 heteroatoms. The number of alkyl halides is 24. The Hall–Kier alpha value is -8.32. The van der Waals surface area contributed by atoms with Crippen molar-refractivity contribution in [2.24, 2.45) is 0 Å². The molecule has 84 heavy (non-hydrogen) atoms. The molecule has 0 aliphatic heterocycles. The molecule has 0 aromatic heterocycles. The summed E-state index contributed by atoms with van der Waals surface area (Å²) >= 11 is 0. The Balaban J connectivity index is 1.43. The van der Waals surface area contributed by atoms with Gasteiger partial charge in [0.15, 0.2) is 0 Å². The van der Waals surface area contributed by atoms with Crippen molar-refractivity contribution >= 4 is 28.4 Å². The zero-order valence-electron chi connectivity index (χ0n) is 41.8. The summed E-state index contributed by atoms with van der Waals surface area (Å²) in [7, 11) is 0. The van der Waals surface area contributed by atoms with E-state index in [0.717, 1.165) is 36.4 Å². The molecule has 0 fully saturated rings. The molecule has 0 N–H and O–H groups in total. The summed E-state index contributed by atoms with van der Waals surface area (Å²) in [4.78, 5) is 0.461. The molecule has 0 spiro atoms. The van der Waals surface area contributed by atoms with Crippen LogP contribution < -0.4 is 9.80 Å². The number of benzene rings is 7. The third-order valence-corrected chi connectivity index (χ3v) is 13.4. The number of halogens is 24. The number of nitrogens with zero attached hydrogens (tertiary/aromatic N) is 2. The SMILES string of the molecule is C=C/C(=C\C=C(/C)C1(c2ccc(N(c3cc(C(F)(F)F)cc(C(F)(F)F)c3)c3cc(C(F)(F)F)cc(C(F)(F)F)c3)cc2)c2ccccc2-c2ccccc21)N(c1cc(C(F)(F)F)cc(C(F)(F)F)c1)c1cc(C(F)(F)F)cc(C(F)(F)F)c1. The van der Waals surface area contributed by atoms with E-state index in [4.69, 9.17) is 0 Å². The zero-order chi connectivity index (χ0) is 62.3. The molecule has 0 saturated carbocycles. The monoisotopic (exact) mass is 1210 g/mol. The first kappa shape index (κ1) is 61.7. The highest BCUT2D eigenvalue weighted by Crippen LogP contribution is 2.57. The Kier molecular flexibility index (Phi) is 15.5. The third kappa shape index (κ3) is 12.2. The minimum absolute atomic E-state index is 0.00296. The van der Waals surface area contributed by atoms with Crippen LogP contribution in [0.15, 0.2) is 182 Å². The second-order valence-corrected chi connectivity index (χ2v) is 18.8. The maximum atomic E-state index is 14.4. The number of hydrogen-bond acceptors (Lipinski definition) is 2. The minimum atomic E-state index is -5.62. The highest BCUT2D eigenvalue weighted by atomic mass is 19.4. The second kappa shape index (κ2) is 21.1. The smallest absolute Gasteiger partial charge is 0.310 e. The maximum Gasteiger partial charge on any atom is 0.416 e. The van der Waals surface area contributed by atoms with Gasteiger partial charge in [-0.25, -0.2) is 0 Å². The summed E-state index contributed by atoms with van der Waals surface area (Å²) in [6, 6.07) is 15.1. The van der Waals surface area contributed by atoms with Gasteiger partial charge in [-0.1, -0.05) is 78.9 Å². The highest BCUT2D eigenvalue weighted by molar-refractivity contribution is 5.87. The van der Waals surface area contributed by atoms with Crippen LogP contribution in [0.5, 0.6) is 0 Å². The van der Waals surface area contributed by atoms with Crippen molar-refractivity contribution in [3.05, 3.63) is 243 Å². The number of allylic oxidation sites excluding steroid dienone is 4. The van der Waals surface area contributed by atoms with Gasteiger partial charge in [0.1, 0.15) is 0 Å². The van der Waals surface area contributed by atoms with E-state index in [-0.39, 0.29) is 105 Å². The first-order chi connectivity index (χ1) is 38.5. The summed E-state index contributed by atoms with van der Waals surface area (Å²) in [5.74, 6) is 0. The Labute approximate surface area is 458 Å². The standard InChI is InChI=1S/C58H32F24N2/c1-3-40(83(42-22-32(51(59,60)61)18-33(23-42)52(62,63)64)43-24-34(53(65,66)67)19-35(25-43)54(68,69)70)15-12-30(2)50(48-10-6-4-8-46(48)47-9-5-7-11-49(47)50)31-13-16-41(17-14-31)84(44-26-36(55(71,72)73)20-37(27-44)56(74,75)76)45-28-38(57(77,78)79)21-39(29-45)58(80,81)82/h3-29H,1H2,2H3/b30-12+,40-15+. The molecule has 0 atom stereocenters. The summed E-state index contributed by atoms with van der Waals surface area (Å²) in [6.07, 6.45) is -42.3. The van der Waals surface area contributed by atoms with Gasteiger partial charge in [0.25, 0.3) is 0 Å². The van der Waals surface area contributed by atoms with Gasteiger partial charge < -0.3 is 9.80 Å². The van der Waals surface area contributed by atoms with Crippen LogP contribution in [0.4, 0.5) is 134 Å². The molecule has 7 aromatic carbocycles. The second-order valence-electron chi connectivity index (χ2n) is 18.8. The lowest BCUT2D eigenvalue weighted by Gasteiger charge is -2.35. The van der Waals surface area contributed by atoms with Crippen molar-refractivity contribution in [2.45, 2.75) is 61.7 Å². The molecule has 442 valence electrons. The van der Waals surface area contributed by atoms with Gasteiger partial charge >= 0.3 is 49.4 Å². The average molecular weight is 1210 g/mol. The average Bonchev–Trinajstić information content (AvgIpc) is 1.60. The molecule has 8 rings (SSSR count). The van der Waals surface area contributed by atoms with Crippen LogP contribution in [0, 0.1) is 0 Å². The summed E-state index contributed by atoms with van der Waals surface area (Å²) in [5, 5.41) is 0. The van der Waals surface area contributed by atoms with Gasteiger partial charge in [0, 0.05) is 34.1 Å². The third-order valence-electron chi connectivity index (χ3n) is 13.4. The van der Waals surface area contributed by atoms with Crippen LogP contribution in [-0.2, 0) is 54.8 Å². The molecule has 7 aromatic rings. The van der Waals surface area contributed by atoms with E-state index in [2.05, 4.69) is 6.58 Å². The van der Waals surface area contributed by atoms with Gasteiger partial charge in [0.2, 0.25) is 0 Å². The van der Waals surface area contributed by atoms with E-state index in [0.29, 0.717) is 17.2 Å². The van der Waals surface area contributed by atoms with Crippen LogP contribution >= 0.6 is 0 Å². The fourth-order valence-corrected chi connectivity index (χ4v) is 9.79. The molecular weight excluding hydrogens is 1180 g/mol. The summed E-state index contributed by atoms with van der Waals surface area (Å²) < 4.78 is 345. The quantitative estimate of drug-likeness (QED) is 0.0995. The van der Waals surface area contributed by atoms with Crippen LogP contribution in [-0.4, -0.2) is 0 Å². The van der Waals surface area contributed by atoms with Crippen molar-refractivity contribution in [3.8, 4) is 11.1 Å². The first-order valence-electron chi connectivity index (χ1n) is 23.6. The maximum absolute atomic E-state index is 14.4. The van der Waals surface area contributed by atoms with Crippen LogP contribution in [0.1, 0.15) is 68.1 Å². The normalized spacial score (nSPS) is 14.5. The zero-order valence-corrected chi connectivity index (χ0v) is 41.8. The molecule has 0 amide bonds. The van der Waals surface area contributed by atoms with Crippen LogP contribution in [0.2, 0.25) is 0 Å². The molecule has 0 radical (unpaired) electrons. The Morgan fingerprint density at radius 1 is 0.345 bits per heavy atom. The van der Waals surface area contributed by atoms with Crippen molar-refractivity contribution in [2.75, 3.05) is 9.80 Å². The number of hydrogen-bond donors (Lipinski definition) is 0. The lowest BCUT2D eigenvalue weighted by molar-refractivity contribution is -0.144. The van der Waals surface area contributed by atoms with E-state index >= 15 is 0 Å². The predicted molar refractivity (Wildman–Crippen MR) is 260 cm³/mol. The van der Waals surface area contributed by atoms with Crippen molar-refractivity contribution in [3.63, 3.8) is 0 Å². The molecule has 1 aliphatic carbocycles. The number of anilines is 5. The molecular formula is C58H32F24N2. The first-order valence-corrected chi connectivity index (χ1v) is 23.6. The summed E-state index contributed by atoms with van der Waals surface area (Å²) in [6.45, 7) is 4.84. The van der Waals surface area contributed by atoms with Crippen LogP contribution in [0.3, 0.4) is 0 Å². The van der Waals surface area contributed by atoms with E-state index in [1.165, 1.54) is 31.2 Å². The van der Waals surface area contributed by atoms with Gasteiger partial charge in [-0.3, -0.25) is 0 Å². The predicted octanol–water partition coefficient (Wildman–Crippen LogP) is 21.5. The highest BCUT2D eigenvalue weighted by Gasteiger charge is 2.47. The van der Waals surface area contributed by atoms with Crippen molar-refractivity contribution < 1.29 is 105 Å². The molecule has 0 unspecified atom stereocenters. The van der Waals surface area contributed by atoms with Gasteiger partial charge in [0.05, 0.1) is 49.9 Å². The lowest BCUT2D eigenvalue weighted by Crippen LogP contribution is -2.28. The van der Waals surface area contributed by atoms with E-state index < -0.39 is 133 Å². The molecule has 1 aliphatic rings. The van der Waals surface area contributed by atoms with E-state index in [1.54, 1.807) is 24.3 Å². The van der Waals surface area contributed by atoms with Gasteiger partial charge in [-0.15, -0.1) is 0 Å². The molecule has 2 nitrogen and oxygen atoms in total. The van der Waals surface area contributed by atoms with E-state index in [1.807, 2.05) is 0 Å². The van der Waals surface area contributed by atoms with Gasteiger partial charge in [-0.05, 0) is 132 Å². The topological polar surface area (TPSA) is 6.48 Å². The van der Waals surface area contributed by atoms with Crippen LogP contribution in [0.25, 0.3) is 11.1 Å². The number of rotatable bonds is 10. The van der Waals surface area contributed by atoms with Crippen molar-refractivity contribution in [1.82, 2.24) is 0 Å². The molecule has 0 saturated heterocycles. The lowest BCUT2D eigenvalue weighted by atomic mass is 9.67. The Bertz CT molecular complexity index is 3390. The number of fused-ring (bicyclic) bond motifs is 3. The summed E-state index contributed by atoms with van der Waals surface area (Å²) in [5.41, 5.74) is -23.3. The Morgan fingerprint density at radius 3 is 0.893 bits per heavy atom. The fourth-order valence-electron chi connectivity index (χ4n) is 9.79. The van der Waals surface area contributed by atoms with Gasteiger partial charge in [-0.2, -0.15) is 105 Å². The minimum Gasteiger partial charge on any atom is -0.310 e. The largest absolute Gasteiger partial charge is 0.416 e.